The van der Waals surface area contributed by atoms with Crippen LogP contribution in [0, 0.1) is 5.41 Å². The van der Waals surface area contributed by atoms with Crippen molar-refractivity contribution in [3.05, 3.63) is 71.8 Å². The summed E-state index contributed by atoms with van der Waals surface area (Å²) in [5.41, 5.74) is 7.02. The summed E-state index contributed by atoms with van der Waals surface area (Å²) in [5.74, 6) is 0. The van der Waals surface area contributed by atoms with E-state index >= 15 is 0 Å². The zero-order valence-corrected chi connectivity index (χ0v) is 13.0. The van der Waals surface area contributed by atoms with Crippen molar-refractivity contribution in [1.82, 2.24) is 0 Å². The van der Waals surface area contributed by atoms with Crippen molar-refractivity contribution in [2.45, 2.75) is 6.42 Å². The minimum absolute atomic E-state index is 0.950. The van der Waals surface area contributed by atoms with Crippen molar-refractivity contribution in [2.75, 3.05) is 19.0 Å². The van der Waals surface area contributed by atoms with Crippen LogP contribution < -0.4 is 4.90 Å². The molecule has 0 aliphatic heterocycles. The van der Waals surface area contributed by atoms with E-state index in [-0.39, 0.29) is 0 Å². The average molecular weight is 288 g/mol. The molecule has 110 valence electrons. The van der Waals surface area contributed by atoms with Crippen LogP contribution in [0.1, 0.15) is 17.5 Å². The van der Waals surface area contributed by atoms with E-state index in [0.717, 1.165) is 17.5 Å². The predicted molar refractivity (Wildman–Crippen MR) is 95.8 cm³/mol. The minimum Gasteiger partial charge on any atom is -0.378 e. The number of benzene rings is 2. The molecule has 2 heteroatoms. The molecule has 0 saturated heterocycles. The summed E-state index contributed by atoms with van der Waals surface area (Å²) in [6, 6.07) is 14.7. The Labute approximate surface area is 131 Å². The van der Waals surface area contributed by atoms with Gasteiger partial charge in [-0.05, 0) is 46.4 Å². The largest absolute Gasteiger partial charge is 0.378 e. The molecule has 0 aromatic heterocycles. The molecule has 0 bridgehead atoms. The van der Waals surface area contributed by atoms with Crippen molar-refractivity contribution in [3.63, 3.8) is 0 Å². The average Bonchev–Trinajstić information content (AvgIpc) is 3.08. The van der Waals surface area contributed by atoms with E-state index in [4.69, 9.17) is 5.41 Å². The molecule has 0 fully saturated rings. The molecule has 0 unspecified atom stereocenters. The van der Waals surface area contributed by atoms with Crippen molar-refractivity contribution < 1.29 is 0 Å². The van der Waals surface area contributed by atoms with Crippen LogP contribution in [0.4, 0.5) is 5.69 Å². The summed E-state index contributed by atoms with van der Waals surface area (Å²) < 4.78 is 0. The van der Waals surface area contributed by atoms with Gasteiger partial charge in [0.2, 0.25) is 0 Å². The fourth-order valence-electron chi connectivity index (χ4n) is 2.83. The van der Waals surface area contributed by atoms with Crippen LogP contribution in [0.5, 0.6) is 0 Å². The fraction of sp³-hybridized carbons (Fsp3) is 0.150. The summed E-state index contributed by atoms with van der Waals surface area (Å²) in [6.07, 6.45) is 8.88. The molecule has 1 N–H and O–H groups in total. The molecule has 0 heterocycles. The van der Waals surface area contributed by atoms with Crippen LogP contribution in [-0.2, 0) is 0 Å². The maximum atomic E-state index is 7.69. The van der Waals surface area contributed by atoms with E-state index in [0.29, 0.717) is 0 Å². The van der Waals surface area contributed by atoms with Gasteiger partial charge in [0.15, 0.2) is 0 Å². The van der Waals surface area contributed by atoms with E-state index in [2.05, 4.69) is 61.5 Å². The second-order valence-corrected chi connectivity index (χ2v) is 5.68. The Morgan fingerprint density at radius 3 is 2.50 bits per heavy atom. The summed E-state index contributed by atoms with van der Waals surface area (Å²) in [6.45, 7) is 0. The van der Waals surface area contributed by atoms with Gasteiger partial charge in [-0.3, -0.25) is 0 Å². The fourth-order valence-corrected chi connectivity index (χ4v) is 2.83. The number of hydrogen-bond acceptors (Lipinski definition) is 2. The zero-order valence-electron chi connectivity index (χ0n) is 13.0. The highest BCUT2D eigenvalue weighted by Crippen LogP contribution is 2.36. The molecule has 0 atom stereocenters. The Balaban J connectivity index is 2.22. The van der Waals surface area contributed by atoms with Gasteiger partial charge in [0.05, 0.1) is 0 Å². The van der Waals surface area contributed by atoms with E-state index in [1.807, 2.05) is 18.2 Å². The molecule has 2 nitrogen and oxygen atoms in total. The van der Waals surface area contributed by atoms with Crippen LogP contribution in [0.25, 0.3) is 16.7 Å². The molecule has 3 rings (SSSR count). The van der Waals surface area contributed by atoms with Gasteiger partial charge in [0.1, 0.15) is 0 Å². The molecular formula is C20H20N2. The first-order valence-electron chi connectivity index (χ1n) is 7.48. The first kappa shape index (κ1) is 14.3. The number of rotatable bonds is 4. The third kappa shape index (κ3) is 2.60. The Morgan fingerprint density at radius 1 is 1.00 bits per heavy atom. The highest BCUT2D eigenvalue weighted by atomic mass is 15.1. The Bertz CT molecular complexity index is 767. The topological polar surface area (TPSA) is 27.1 Å². The minimum atomic E-state index is 0.950. The normalized spacial score (nSPS) is 13.1. The Morgan fingerprint density at radius 2 is 1.82 bits per heavy atom. The highest BCUT2D eigenvalue weighted by Gasteiger charge is 2.14. The monoisotopic (exact) mass is 288 g/mol. The van der Waals surface area contributed by atoms with Gasteiger partial charge in [-0.15, -0.1) is 0 Å². The van der Waals surface area contributed by atoms with Crippen molar-refractivity contribution in [2.24, 2.45) is 0 Å². The summed E-state index contributed by atoms with van der Waals surface area (Å²) in [4.78, 5) is 2.11. The molecule has 0 spiro atoms. The molecule has 22 heavy (non-hydrogen) atoms. The lowest BCUT2D eigenvalue weighted by molar-refractivity contribution is 1.13. The molecular weight excluding hydrogens is 268 g/mol. The van der Waals surface area contributed by atoms with Crippen LogP contribution in [0.3, 0.4) is 0 Å². The summed E-state index contributed by atoms with van der Waals surface area (Å²) in [5, 5.41) is 7.69. The van der Waals surface area contributed by atoms with Crippen molar-refractivity contribution in [3.8, 4) is 11.1 Å². The van der Waals surface area contributed by atoms with Crippen LogP contribution in [-0.4, -0.2) is 20.3 Å². The number of nitrogens with one attached hydrogen (secondary N) is 1. The maximum Gasteiger partial charge on any atom is 0.0367 e. The second kappa shape index (κ2) is 6.02. The summed E-state index contributed by atoms with van der Waals surface area (Å²) >= 11 is 0. The molecule has 2 aromatic rings. The molecule has 0 amide bonds. The third-order valence-electron chi connectivity index (χ3n) is 4.04. The maximum absolute atomic E-state index is 7.69. The SMILES string of the molecule is CN(C)c1ccc(C2=CC=CC2)c(-c2ccccc2C=N)c1. The molecule has 0 saturated carbocycles. The lowest BCUT2D eigenvalue weighted by atomic mass is 9.91. The first-order chi connectivity index (χ1) is 10.7. The van der Waals surface area contributed by atoms with Crippen molar-refractivity contribution in [1.29, 1.82) is 5.41 Å². The van der Waals surface area contributed by atoms with Crippen molar-refractivity contribution >= 4 is 17.5 Å². The van der Waals surface area contributed by atoms with Gasteiger partial charge >= 0.3 is 0 Å². The van der Waals surface area contributed by atoms with Gasteiger partial charge in [-0.25, -0.2) is 0 Å². The van der Waals surface area contributed by atoms with E-state index < -0.39 is 0 Å². The van der Waals surface area contributed by atoms with E-state index in [9.17, 15) is 0 Å². The molecule has 0 radical (unpaired) electrons. The predicted octanol–water partition coefficient (Wildman–Crippen LogP) is 4.76. The number of nitrogens with zero attached hydrogens (tertiary/aromatic N) is 1. The van der Waals surface area contributed by atoms with Gasteiger partial charge in [-0.2, -0.15) is 0 Å². The van der Waals surface area contributed by atoms with E-state index in [1.54, 1.807) is 0 Å². The molecule has 1 aliphatic carbocycles. The van der Waals surface area contributed by atoms with Gasteiger partial charge < -0.3 is 10.3 Å². The lowest BCUT2D eigenvalue weighted by Crippen LogP contribution is -2.09. The van der Waals surface area contributed by atoms with Crippen LogP contribution in [0.2, 0.25) is 0 Å². The first-order valence-corrected chi connectivity index (χ1v) is 7.48. The van der Waals surface area contributed by atoms with Gasteiger partial charge in [0, 0.05) is 26.0 Å². The molecule has 1 aliphatic rings. The summed E-state index contributed by atoms with van der Waals surface area (Å²) in [7, 11) is 4.11. The lowest BCUT2D eigenvalue weighted by Gasteiger charge is -2.18. The molecule has 2 aromatic carbocycles. The van der Waals surface area contributed by atoms with E-state index in [1.165, 1.54) is 28.6 Å². The van der Waals surface area contributed by atoms with Gasteiger partial charge in [0.25, 0.3) is 0 Å². The highest BCUT2D eigenvalue weighted by molar-refractivity contribution is 5.94. The van der Waals surface area contributed by atoms with Gasteiger partial charge in [-0.1, -0.05) is 48.6 Å². The van der Waals surface area contributed by atoms with Crippen LogP contribution >= 0.6 is 0 Å². The quantitative estimate of drug-likeness (QED) is 0.807. The number of hydrogen-bond donors (Lipinski definition) is 1. The number of allylic oxidation sites excluding steroid dienone is 4. The standard InChI is InChI=1S/C20H20N2/c1-22(2)17-11-12-19(15-7-3-4-8-15)20(13-17)18-10-6-5-9-16(18)14-21/h3-7,9-14,21H,8H2,1-2H3. The smallest absolute Gasteiger partial charge is 0.0367 e. The number of anilines is 1. The Hall–Kier alpha value is -2.61. The second-order valence-electron chi connectivity index (χ2n) is 5.68. The zero-order chi connectivity index (χ0) is 15.5. The third-order valence-corrected chi connectivity index (χ3v) is 4.04. The van der Waals surface area contributed by atoms with Crippen LogP contribution in [0.15, 0.2) is 60.7 Å². The Kier molecular flexibility index (Phi) is 3.92.